The summed E-state index contributed by atoms with van der Waals surface area (Å²) in [4.78, 5) is 13.0. The molecule has 0 saturated heterocycles. The van der Waals surface area contributed by atoms with Gasteiger partial charge in [0.25, 0.3) is 0 Å². The van der Waals surface area contributed by atoms with Gasteiger partial charge in [0.05, 0.1) is 11.6 Å². The molecule has 0 aliphatic heterocycles. The fraction of sp³-hybridized carbons (Fsp3) is 0.364. The number of nitrogens with one attached hydrogen (secondary N) is 1. The Morgan fingerprint density at radius 1 is 1.47 bits per heavy atom. The van der Waals surface area contributed by atoms with Crippen LogP contribution in [0.15, 0.2) is 18.2 Å². The van der Waals surface area contributed by atoms with Crippen LogP contribution in [0, 0.1) is 11.6 Å². The fourth-order valence-corrected chi connectivity index (χ4v) is 1.83. The molecule has 0 aliphatic rings. The second-order valence-electron chi connectivity index (χ2n) is 3.28. The lowest BCUT2D eigenvalue weighted by molar-refractivity contribution is 0.247. The minimum absolute atomic E-state index is 0.0756. The van der Waals surface area contributed by atoms with Gasteiger partial charge in [0.1, 0.15) is 11.6 Å². The Kier molecular flexibility index (Phi) is 5.21. The van der Waals surface area contributed by atoms with Crippen molar-refractivity contribution in [2.75, 3.05) is 23.6 Å². The van der Waals surface area contributed by atoms with Gasteiger partial charge < -0.3 is 5.32 Å². The predicted octanol–water partition coefficient (Wildman–Crippen LogP) is 2.82. The zero-order valence-electron chi connectivity index (χ0n) is 9.67. The summed E-state index contributed by atoms with van der Waals surface area (Å²) in [6, 6.07) is 2.76. The number of carbonyl (C=O) groups is 1. The summed E-state index contributed by atoms with van der Waals surface area (Å²) >= 11 is 1.38. The zero-order valence-corrected chi connectivity index (χ0v) is 10.5. The number of urea groups is 1. The average molecular weight is 260 g/mol. The maximum absolute atomic E-state index is 13.6. The van der Waals surface area contributed by atoms with Crippen LogP contribution in [0.4, 0.5) is 19.3 Å². The van der Waals surface area contributed by atoms with Crippen LogP contribution in [0.1, 0.15) is 6.92 Å². The number of benzene rings is 1. The molecule has 1 aromatic rings. The number of hydrogen-bond donors (Lipinski definition) is 1. The van der Waals surface area contributed by atoms with Gasteiger partial charge in [-0.05, 0) is 25.3 Å². The number of thioether (sulfide) groups is 1. The molecule has 6 heteroatoms. The first-order valence-corrected chi connectivity index (χ1v) is 6.48. The Bertz CT molecular complexity index is 401. The molecule has 3 nitrogen and oxygen atoms in total. The van der Waals surface area contributed by atoms with Gasteiger partial charge in [0, 0.05) is 12.6 Å². The lowest BCUT2D eigenvalue weighted by Crippen LogP contribution is -2.40. The van der Waals surface area contributed by atoms with Crippen LogP contribution in [0.2, 0.25) is 0 Å². The molecule has 0 fully saturated rings. The van der Waals surface area contributed by atoms with Crippen molar-refractivity contribution in [2.45, 2.75) is 6.92 Å². The second-order valence-corrected chi connectivity index (χ2v) is 4.11. The summed E-state index contributed by atoms with van der Waals surface area (Å²) in [5.41, 5.74) is 0.0756. The molecule has 1 rings (SSSR count). The van der Waals surface area contributed by atoms with Crippen LogP contribution in [-0.4, -0.2) is 24.7 Å². The van der Waals surface area contributed by atoms with E-state index in [1.165, 1.54) is 22.7 Å². The first-order valence-electron chi connectivity index (χ1n) is 5.09. The van der Waals surface area contributed by atoms with Gasteiger partial charge in [-0.1, -0.05) is 0 Å². The van der Waals surface area contributed by atoms with Crippen LogP contribution in [0.5, 0.6) is 0 Å². The van der Waals surface area contributed by atoms with Gasteiger partial charge in [0.15, 0.2) is 0 Å². The number of hydrogen-bond acceptors (Lipinski definition) is 2. The summed E-state index contributed by atoms with van der Waals surface area (Å²) in [6.45, 7) is 2.22. The van der Waals surface area contributed by atoms with E-state index in [4.69, 9.17) is 0 Å². The Morgan fingerprint density at radius 2 is 2.18 bits per heavy atom. The maximum Gasteiger partial charge on any atom is 0.322 e. The molecular weight excluding hydrogens is 246 g/mol. The summed E-state index contributed by atoms with van der Waals surface area (Å²) in [7, 11) is 0. The molecule has 1 N–H and O–H groups in total. The topological polar surface area (TPSA) is 32.3 Å². The van der Waals surface area contributed by atoms with Crippen molar-refractivity contribution < 1.29 is 13.6 Å². The third-order valence-electron chi connectivity index (χ3n) is 2.03. The summed E-state index contributed by atoms with van der Waals surface area (Å²) in [5.74, 6) is -1.11. The van der Waals surface area contributed by atoms with Crippen molar-refractivity contribution in [3.63, 3.8) is 0 Å². The van der Waals surface area contributed by atoms with Crippen molar-refractivity contribution in [2.24, 2.45) is 0 Å². The number of anilines is 1. The van der Waals surface area contributed by atoms with Crippen molar-refractivity contribution in [1.82, 2.24) is 5.32 Å². The van der Waals surface area contributed by atoms with Crippen molar-refractivity contribution >= 4 is 23.5 Å². The number of carbonyl (C=O) groups excluding carboxylic acids is 1. The van der Waals surface area contributed by atoms with E-state index in [2.05, 4.69) is 5.32 Å². The summed E-state index contributed by atoms with van der Waals surface area (Å²) in [5, 5.41) is 2.58. The number of rotatable bonds is 4. The van der Waals surface area contributed by atoms with Crippen LogP contribution in [-0.2, 0) is 0 Å². The largest absolute Gasteiger partial charge is 0.338 e. The minimum atomic E-state index is -0.745. The van der Waals surface area contributed by atoms with Gasteiger partial charge in [-0.2, -0.15) is 0 Å². The first-order chi connectivity index (χ1) is 8.10. The monoisotopic (exact) mass is 260 g/mol. The smallest absolute Gasteiger partial charge is 0.322 e. The van der Waals surface area contributed by atoms with Crippen molar-refractivity contribution in [3.8, 4) is 0 Å². The molecule has 0 spiro atoms. The van der Waals surface area contributed by atoms with Crippen LogP contribution in [0.25, 0.3) is 0 Å². The second kappa shape index (κ2) is 6.44. The van der Waals surface area contributed by atoms with Gasteiger partial charge in [-0.3, -0.25) is 4.90 Å². The van der Waals surface area contributed by atoms with E-state index in [1.54, 1.807) is 13.2 Å². The quantitative estimate of drug-likeness (QED) is 0.844. The van der Waals surface area contributed by atoms with Gasteiger partial charge >= 0.3 is 6.03 Å². The van der Waals surface area contributed by atoms with Crippen LogP contribution >= 0.6 is 11.8 Å². The van der Waals surface area contributed by atoms with Gasteiger partial charge in [-0.15, -0.1) is 11.8 Å². The van der Waals surface area contributed by atoms with Crippen molar-refractivity contribution in [3.05, 3.63) is 29.8 Å². The number of halogens is 2. The number of nitrogens with zero attached hydrogens (tertiary/aromatic N) is 1. The van der Waals surface area contributed by atoms with E-state index in [0.717, 1.165) is 12.1 Å². The van der Waals surface area contributed by atoms with E-state index >= 15 is 0 Å². The highest BCUT2D eigenvalue weighted by Gasteiger charge is 2.18. The molecule has 94 valence electrons. The average Bonchev–Trinajstić information content (AvgIpc) is 2.27. The summed E-state index contributed by atoms with van der Waals surface area (Å²) in [6.07, 6.45) is 1.80. The highest BCUT2D eigenvalue weighted by molar-refractivity contribution is 7.98. The molecule has 0 saturated carbocycles. The third kappa shape index (κ3) is 3.59. The highest BCUT2D eigenvalue weighted by atomic mass is 32.2. The Balaban J connectivity index is 3.00. The molecule has 0 aliphatic carbocycles. The Labute approximate surface area is 103 Å². The molecule has 17 heavy (non-hydrogen) atoms. The molecular formula is C11H14F2N2OS. The summed E-state index contributed by atoms with van der Waals surface area (Å²) < 4.78 is 26.3. The maximum atomic E-state index is 13.6. The minimum Gasteiger partial charge on any atom is -0.338 e. The van der Waals surface area contributed by atoms with Crippen LogP contribution in [0.3, 0.4) is 0 Å². The molecule has 0 heterocycles. The SMILES string of the molecule is CCNC(=O)N(CSC)c1ccc(F)cc1F. The van der Waals surface area contributed by atoms with E-state index in [-0.39, 0.29) is 5.69 Å². The third-order valence-corrected chi connectivity index (χ3v) is 2.55. The fourth-order valence-electron chi connectivity index (χ4n) is 1.31. The number of amides is 2. The first kappa shape index (κ1) is 13.8. The standard InChI is InChI=1S/C11H14F2N2OS/c1-3-14-11(16)15(7-17-2)10-5-4-8(12)6-9(10)13/h4-6H,3,7H2,1-2H3,(H,14,16). The highest BCUT2D eigenvalue weighted by Crippen LogP contribution is 2.21. The normalized spacial score (nSPS) is 10.1. The molecule has 0 radical (unpaired) electrons. The van der Waals surface area contributed by atoms with Crippen LogP contribution < -0.4 is 10.2 Å². The predicted molar refractivity (Wildman–Crippen MR) is 66.3 cm³/mol. The molecule has 2 amide bonds. The van der Waals surface area contributed by atoms with E-state index < -0.39 is 17.7 Å². The lowest BCUT2D eigenvalue weighted by atomic mass is 10.3. The van der Waals surface area contributed by atoms with E-state index in [9.17, 15) is 13.6 Å². The van der Waals surface area contributed by atoms with E-state index in [0.29, 0.717) is 12.4 Å². The molecule has 0 bridgehead atoms. The van der Waals surface area contributed by atoms with Gasteiger partial charge in [-0.25, -0.2) is 13.6 Å². The molecule has 0 unspecified atom stereocenters. The molecule has 0 aromatic heterocycles. The lowest BCUT2D eigenvalue weighted by Gasteiger charge is -2.22. The Morgan fingerprint density at radius 3 is 2.71 bits per heavy atom. The molecule has 0 atom stereocenters. The Hall–Kier alpha value is -1.30. The van der Waals surface area contributed by atoms with Gasteiger partial charge in [0.2, 0.25) is 0 Å². The molecule has 1 aromatic carbocycles. The van der Waals surface area contributed by atoms with Crippen molar-refractivity contribution in [1.29, 1.82) is 0 Å². The van der Waals surface area contributed by atoms with E-state index in [1.807, 2.05) is 0 Å². The zero-order chi connectivity index (χ0) is 12.8.